The van der Waals surface area contributed by atoms with Crippen LogP contribution in [0, 0.1) is 0 Å². The van der Waals surface area contributed by atoms with Crippen molar-refractivity contribution in [3.8, 4) is 5.75 Å². The maximum Gasteiger partial charge on any atom is 0.140 e. The number of halogens is 2. The molecule has 1 aromatic rings. The summed E-state index contributed by atoms with van der Waals surface area (Å²) in [5.41, 5.74) is 9.94. The average Bonchev–Trinajstić information content (AvgIpc) is 2.28. The first-order chi connectivity index (χ1) is 8.13. The minimum Gasteiger partial charge on any atom is -0.495 e. The molecule has 1 aliphatic carbocycles. The lowest BCUT2D eigenvalue weighted by Gasteiger charge is -2.23. The highest BCUT2D eigenvalue weighted by Crippen LogP contribution is 2.38. The number of benzene rings is 1. The van der Waals surface area contributed by atoms with Crippen molar-refractivity contribution in [1.29, 1.82) is 0 Å². The van der Waals surface area contributed by atoms with Gasteiger partial charge in [0.15, 0.2) is 0 Å². The van der Waals surface area contributed by atoms with Gasteiger partial charge in [-0.05, 0) is 61.8 Å². The fourth-order valence-electron chi connectivity index (χ4n) is 2.71. The van der Waals surface area contributed by atoms with Crippen molar-refractivity contribution in [2.75, 3.05) is 7.11 Å². The molecule has 0 heterocycles. The van der Waals surface area contributed by atoms with E-state index in [-0.39, 0.29) is 18.4 Å². The molecule has 0 spiro atoms. The number of ether oxygens (including phenoxy) is 1. The lowest BCUT2D eigenvalue weighted by atomic mass is 9.85. The lowest BCUT2D eigenvalue weighted by molar-refractivity contribution is 0.406. The van der Waals surface area contributed by atoms with Gasteiger partial charge in [-0.15, -0.1) is 12.4 Å². The molecule has 2 nitrogen and oxygen atoms in total. The van der Waals surface area contributed by atoms with Gasteiger partial charge in [-0.2, -0.15) is 0 Å². The molecule has 102 valence electrons. The molecule has 0 radical (unpaired) electrons. The molecule has 0 aromatic heterocycles. The standard InChI is InChI=1S/C14H20ClNO.ClH/c1-9(16)7-10-8-13(15)14(17-2)12-6-4-3-5-11(10)12;/h8-9H,3-7,16H2,1-2H3;1H. The van der Waals surface area contributed by atoms with Crippen molar-refractivity contribution < 1.29 is 4.74 Å². The maximum atomic E-state index is 6.28. The average molecular weight is 290 g/mol. The highest BCUT2D eigenvalue weighted by atomic mass is 35.5. The Morgan fingerprint density at radius 3 is 2.50 bits per heavy atom. The Kier molecular flexibility index (Phi) is 5.77. The summed E-state index contributed by atoms with van der Waals surface area (Å²) in [5.74, 6) is 0.870. The molecule has 1 unspecified atom stereocenters. The van der Waals surface area contributed by atoms with E-state index in [9.17, 15) is 0 Å². The van der Waals surface area contributed by atoms with Gasteiger partial charge in [0.2, 0.25) is 0 Å². The number of rotatable bonds is 3. The molecule has 0 saturated carbocycles. The molecule has 2 N–H and O–H groups in total. The molecule has 1 atom stereocenters. The third-order valence-corrected chi connectivity index (χ3v) is 3.67. The third kappa shape index (κ3) is 3.11. The Bertz CT molecular complexity index is 419. The number of fused-ring (bicyclic) bond motifs is 1. The zero-order valence-electron chi connectivity index (χ0n) is 11.0. The SMILES string of the molecule is COc1c(Cl)cc(CC(C)N)c2c1CCCC2.Cl. The quantitative estimate of drug-likeness (QED) is 0.924. The molecule has 18 heavy (non-hydrogen) atoms. The predicted molar refractivity (Wildman–Crippen MR) is 79.2 cm³/mol. The fourth-order valence-corrected chi connectivity index (χ4v) is 3.03. The van der Waals surface area contributed by atoms with Crippen molar-refractivity contribution in [3.05, 3.63) is 27.8 Å². The Morgan fingerprint density at radius 1 is 1.33 bits per heavy atom. The van der Waals surface area contributed by atoms with Crippen LogP contribution in [0.2, 0.25) is 5.02 Å². The first-order valence-electron chi connectivity index (χ1n) is 6.26. The van der Waals surface area contributed by atoms with Gasteiger partial charge in [-0.1, -0.05) is 11.6 Å². The summed E-state index contributed by atoms with van der Waals surface area (Å²) < 4.78 is 5.44. The van der Waals surface area contributed by atoms with Crippen LogP contribution in [0.25, 0.3) is 0 Å². The molecule has 4 heteroatoms. The van der Waals surface area contributed by atoms with E-state index in [1.165, 1.54) is 29.5 Å². The highest BCUT2D eigenvalue weighted by Gasteiger charge is 2.20. The second-order valence-corrected chi connectivity index (χ2v) is 5.30. The van der Waals surface area contributed by atoms with E-state index in [2.05, 4.69) is 0 Å². The van der Waals surface area contributed by atoms with E-state index in [4.69, 9.17) is 22.1 Å². The first kappa shape index (κ1) is 15.6. The van der Waals surface area contributed by atoms with Gasteiger partial charge in [0.1, 0.15) is 5.75 Å². The lowest BCUT2D eigenvalue weighted by Crippen LogP contribution is -2.20. The van der Waals surface area contributed by atoms with Crippen molar-refractivity contribution in [1.82, 2.24) is 0 Å². The highest BCUT2D eigenvalue weighted by molar-refractivity contribution is 6.32. The fraction of sp³-hybridized carbons (Fsp3) is 0.571. The van der Waals surface area contributed by atoms with E-state index >= 15 is 0 Å². The van der Waals surface area contributed by atoms with Gasteiger partial charge in [0.25, 0.3) is 0 Å². The Labute approximate surface area is 120 Å². The monoisotopic (exact) mass is 289 g/mol. The summed E-state index contributed by atoms with van der Waals surface area (Å²) in [6.07, 6.45) is 5.58. The molecule has 0 bridgehead atoms. The molecule has 0 saturated heterocycles. The smallest absolute Gasteiger partial charge is 0.140 e. The summed E-state index contributed by atoms with van der Waals surface area (Å²) in [6, 6.07) is 2.21. The van der Waals surface area contributed by atoms with E-state index in [0.29, 0.717) is 0 Å². The van der Waals surface area contributed by atoms with Crippen molar-refractivity contribution in [3.63, 3.8) is 0 Å². The third-order valence-electron chi connectivity index (χ3n) is 3.39. The van der Waals surface area contributed by atoms with Crippen LogP contribution < -0.4 is 10.5 Å². The molecule has 1 aromatic carbocycles. The van der Waals surface area contributed by atoms with E-state index in [0.717, 1.165) is 30.0 Å². The number of nitrogens with two attached hydrogens (primary N) is 1. The van der Waals surface area contributed by atoms with Gasteiger partial charge >= 0.3 is 0 Å². The van der Waals surface area contributed by atoms with Gasteiger partial charge in [-0.3, -0.25) is 0 Å². The van der Waals surface area contributed by atoms with Crippen molar-refractivity contribution >= 4 is 24.0 Å². The minimum absolute atomic E-state index is 0. The van der Waals surface area contributed by atoms with Crippen LogP contribution in [-0.4, -0.2) is 13.2 Å². The Morgan fingerprint density at radius 2 is 1.94 bits per heavy atom. The Balaban J connectivity index is 0.00000162. The van der Waals surface area contributed by atoms with Gasteiger partial charge in [-0.25, -0.2) is 0 Å². The first-order valence-corrected chi connectivity index (χ1v) is 6.64. The summed E-state index contributed by atoms with van der Waals surface area (Å²) in [5, 5.41) is 0.726. The normalized spacial score (nSPS) is 15.6. The van der Waals surface area contributed by atoms with Crippen LogP contribution in [0.5, 0.6) is 5.75 Å². The van der Waals surface area contributed by atoms with Crippen LogP contribution >= 0.6 is 24.0 Å². The molecule has 0 aliphatic heterocycles. The summed E-state index contributed by atoms with van der Waals surface area (Å²) >= 11 is 6.28. The topological polar surface area (TPSA) is 35.2 Å². The zero-order chi connectivity index (χ0) is 12.4. The second-order valence-electron chi connectivity index (χ2n) is 4.90. The maximum absolute atomic E-state index is 6.28. The Hall–Kier alpha value is -0.440. The number of hydrogen-bond donors (Lipinski definition) is 1. The van der Waals surface area contributed by atoms with Gasteiger partial charge < -0.3 is 10.5 Å². The van der Waals surface area contributed by atoms with Crippen LogP contribution in [0.4, 0.5) is 0 Å². The summed E-state index contributed by atoms with van der Waals surface area (Å²) in [6.45, 7) is 2.04. The summed E-state index contributed by atoms with van der Waals surface area (Å²) in [4.78, 5) is 0. The molecular formula is C14H21Cl2NO. The largest absolute Gasteiger partial charge is 0.495 e. The van der Waals surface area contributed by atoms with Crippen LogP contribution in [-0.2, 0) is 19.3 Å². The van der Waals surface area contributed by atoms with Crippen LogP contribution in [0.1, 0.15) is 36.5 Å². The molecule has 2 rings (SSSR count). The predicted octanol–water partition coefficient (Wildman–Crippen LogP) is 3.54. The van der Waals surface area contributed by atoms with Gasteiger partial charge in [0.05, 0.1) is 12.1 Å². The molecular weight excluding hydrogens is 269 g/mol. The van der Waals surface area contributed by atoms with Crippen molar-refractivity contribution in [2.45, 2.75) is 45.1 Å². The van der Waals surface area contributed by atoms with Gasteiger partial charge in [0, 0.05) is 6.04 Å². The van der Waals surface area contributed by atoms with E-state index in [1.54, 1.807) is 7.11 Å². The van der Waals surface area contributed by atoms with Crippen LogP contribution in [0.15, 0.2) is 6.07 Å². The number of methoxy groups -OCH3 is 1. The summed E-state index contributed by atoms with van der Waals surface area (Å²) in [7, 11) is 1.70. The zero-order valence-corrected chi connectivity index (χ0v) is 12.5. The molecule has 1 aliphatic rings. The molecule has 0 amide bonds. The van der Waals surface area contributed by atoms with Crippen LogP contribution in [0.3, 0.4) is 0 Å². The number of hydrogen-bond acceptors (Lipinski definition) is 2. The second kappa shape index (κ2) is 6.65. The molecule has 0 fully saturated rings. The van der Waals surface area contributed by atoms with E-state index < -0.39 is 0 Å². The minimum atomic E-state index is 0. The van der Waals surface area contributed by atoms with E-state index in [1.807, 2.05) is 13.0 Å². The van der Waals surface area contributed by atoms with Crippen molar-refractivity contribution in [2.24, 2.45) is 5.73 Å².